The third-order valence-corrected chi connectivity index (χ3v) is 3.27. The first-order valence-electron chi connectivity index (χ1n) is 5.95. The maximum Gasteiger partial charge on any atom is 0.146 e. The molecule has 1 aromatic rings. The lowest BCUT2D eigenvalue weighted by Gasteiger charge is -2.23. The first kappa shape index (κ1) is 11.9. The molecule has 17 heavy (non-hydrogen) atoms. The van der Waals surface area contributed by atoms with Crippen molar-refractivity contribution in [2.24, 2.45) is 0 Å². The summed E-state index contributed by atoms with van der Waals surface area (Å²) in [5.74, 6) is 0.743. The first-order chi connectivity index (χ1) is 8.12. The van der Waals surface area contributed by atoms with Crippen molar-refractivity contribution in [3.63, 3.8) is 0 Å². The molecule has 1 aromatic heterocycles. The highest BCUT2D eigenvalue weighted by Crippen LogP contribution is 2.25. The number of rotatable bonds is 1. The van der Waals surface area contributed by atoms with E-state index < -0.39 is 5.60 Å². The monoisotopic (exact) mass is 231 g/mol. The molecule has 1 unspecified atom stereocenters. The number of anilines is 1. The molecule has 1 aliphatic heterocycles. The Balaban J connectivity index is 2.20. The fourth-order valence-electron chi connectivity index (χ4n) is 2.21. The molecule has 1 atom stereocenters. The summed E-state index contributed by atoms with van der Waals surface area (Å²) in [5.41, 5.74) is 0.0186. The summed E-state index contributed by atoms with van der Waals surface area (Å²) in [6.45, 7) is 3.47. The topological polar surface area (TPSA) is 60.1 Å². The smallest absolute Gasteiger partial charge is 0.146 e. The van der Waals surface area contributed by atoms with E-state index in [9.17, 15) is 5.11 Å². The Bertz CT molecular complexity index is 437. The minimum atomic E-state index is -0.587. The molecule has 2 rings (SSSR count). The van der Waals surface area contributed by atoms with Gasteiger partial charge in [0, 0.05) is 19.3 Å². The van der Waals surface area contributed by atoms with Crippen molar-refractivity contribution < 1.29 is 5.11 Å². The van der Waals surface area contributed by atoms with E-state index in [1.165, 1.54) is 0 Å². The molecule has 0 bridgehead atoms. The molecule has 0 radical (unpaired) electrons. The summed E-state index contributed by atoms with van der Waals surface area (Å²) in [7, 11) is 0. The van der Waals surface area contributed by atoms with Crippen LogP contribution in [0.5, 0.6) is 0 Å². The Morgan fingerprint density at radius 3 is 3.06 bits per heavy atom. The van der Waals surface area contributed by atoms with Crippen LogP contribution >= 0.6 is 0 Å². The van der Waals surface area contributed by atoms with Crippen LogP contribution < -0.4 is 4.90 Å². The number of nitriles is 1. The molecule has 1 saturated heterocycles. The van der Waals surface area contributed by atoms with Gasteiger partial charge in [0.1, 0.15) is 11.9 Å². The van der Waals surface area contributed by atoms with E-state index in [2.05, 4.69) is 16.0 Å². The van der Waals surface area contributed by atoms with Crippen molar-refractivity contribution in [3.05, 3.63) is 23.9 Å². The summed E-state index contributed by atoms with van der Waals surface area (Å²) < 4.78 is 0. The van der Waals surface area contributed by atoms with Gasteiger partial charge in [-0.25, -0.2) is 4.98 Å². The second-order valence-electron chi connectivity index (χ2n) is 4.82. The van der Waals surface area contributed by atoms with E-state index >= 15 is 0 Å². The average Bonchev–Trinajstić information content (AvgIpc) is 2.50. The van der Waals surface area contributed by atoms with Gasteiger partial charge in [0.2, 0.25) is 0 Å². The molecule has 0 aliphatic carbocycles. The van der Waals surface area contributed by atoms with Gasteiger partial charge in [0.15, 0.2) is 0 Å². The fraction of sp³-hybridized carbons (Fsp3) is 0.538. The summed E-state index contributed by atoms with van der Waals surface area (Å²) in [4.78, 5) is 6.38. The quantitative estimate of drug-likeness (QED) is 0.799. The Morgan fingerprint density at radius 1 is 1.47 bits per heavy atom. The zero-order chi connectivity index (χ0) is 12.3. The number of pyridine rings is 1. The highest BCUT2D eigenvalue weighted by molar-refractivity contribution is 5.53. The Morgan fingerprint density at radius 2 is 2.29 bits per heavy atom. The number of aromatic nitrogens is 1. The third-order valence-electron chi connectivity index (χ3n) is 3.27. The summed E-state index contributed by atoms with van der Waals surface area (Å²) in [6, 6.07) is 5.72. The van der Waals surface area contributed by atoms with Crippen LogP contribution in [0.3, 0.4) is 0 Å². The van der Waals surface area contributed by atoms with E-state index in [-0.39, 0.29) is 0 Å². The van der Waals surface area contributed by atoms with Crippen LogP contribution in [0.15, 0.2) is 18.3 Å². The van der Waals surface area contributed by atoms with E-state index in [0.29, 0.717) is 12.0 Å². The van der Waals surface area contributed by atoms with E-state index in [4.69, 9.17) is 5.26 Å². The highest BCUT2D eigenvalue weighted by Gasteiger charge is 2.26. The van der Waals surface area contributed by atoms with Crippen LogP contribution in [0.1, 0.15) is 31.7 Å². The lowest BCUT2D eigenvalue weighted by atomic mass is 9.98. The van der Waals surface area contributed by atoms with E-state index in [1.54, 1.807) is 18.3 Å². The Kier molecular flexibility index (Phi) is 3.30. The average molecular weight is 231 g/mol. The van der Waals surface area contributed by atoms with E-state index in [1.807, 2.05) is 6.92 Å². The van der Waals surface area contributed by atoms with Crippen molar-refractivity contribution in [3.8, 4) is 6.07 Å². The highest BCUT2D eigenvalue weighted by atomic mass is 16.3. The van der Waals surface area contributed by atoms with Gasteiger partial charge in [-0.1, -0.05) is 0 Å². The van der Waals surface area contributed by atoms with Crippen molar-refractivity contribution in [1.29, 1.82) is 5.26 Å². The van der Waals surface area contributed by atoms with Crippen molar-refractivity contribution in [2.75, 3.05) is 18.0 Å². The first-order valence-corrected chi connectivity index (χ1v) is 5.95. The van der Waals surface area contributed by atoms with Crippen molar-refractivity contribution in [1.82, 2.24) is 4.98 Å². The van der Waals surface area contributed by atoms with Crippen LogP contribution in [0.4, 0.5) is 5.82 Å². The number of hydrogen-bond donors (Lipinski definition) is 1. The van der Waals surface area contributed by atoms with Crippen LogP contribution in [0, 0.1) is 11.3 Å². The summed E-state index contributed by atoms with van der Waals surface area (Å²) in [6.07, 6.45) is 4.15. The van der Waals surface area contributed by atoms with Crippen molar-refractivity contribution >= 4 is 5.82 Å². The molecule has 1 aliphatic rings. The molecular weight excluding hydrogens is 214 g/mol. The number of nitrogens with zero attached hydrogens (tertiary/aromatic N) is 3. The lowest BCUT2D eigenvalue weighted by Crippen LogP contribution is -2.29. The van der Waals surface area contributed by atoms with Crippen LogP contribution in [0.25, 0.3) is 0 Å². The molecule has 90 valence electrons. The molecular formula is C13H17N3O. The summed E-state index contributed by atoms with van der Waals surface area (Å²) >= 11 is 0. The van der Waals surface area contributed by atoms with Crippen LogP contribution in [0.2, 0.25) is 0 Å². The minimum absolute atomic E-state index is 0.587. The predicted octanol–water partition coefficient (Wildman–Crippen LogP) is 1.69. The molecule has 0 saturated carbocycles. The Labute approximate surface area is 102 Å². The zero-order valence-corrected chi connectivity index (χ0v) is 10.1. The Hall–Kier alpha value is -1.60. The van der Waals surface area contributed by atoms with Gasteiger partial charge in [-0.2, -0.15) is 5.26 Å². The zero-order valence-electron chi connectivity index (χ0n) is 10.1. The van der Waals surface area contributed by atoms with Gasteiger partial charge in [-0.3, -0.25) is 0 Å². The maximum absolute atomic E-state index is 10.0. The molecule has 0 aromatic carbocycles. The van der Waals surface area contributed by atoms with Gasteiger partial charge < -0.3 is 10.0 Å². The van der Waals surface area contributed by atoms with Gasteiger partial charge in [0.05, 0.1) is 11.2 Å². The molecule has 4 nitrogen and oxygen atoms in total. The minimum Gasteiger partial charge on any atom is -0.390 e. The normalized spacial score (nSPS) is 25.1. The van der Waals surface area contributed by atoms with E-state index in [0.717, 1.165) is 31.7 Å². The van der Waals surface area contributed by atoms with Crippen molar-refractivity contribution in [2.45, 2.75) is 31.8 Å². The second kappa shape index (κ2) is 4.72. The van der Waals surface area contributed by atoms with Gasteiger partial charge in [0.25, 0.3) is 0 Å². The number of aliphatic hydroxyl groups is 1. The fourth-order valence-corrected chi connectivity index (χ4v) is 2.21. The maximum atomic E-state index is 10.0. The van der Waals surface area contributed by atoms with Crippen LogP contribution in [-0.4, -0.2) is 28.8 Å². The van der Waals surface area contributed by atoms with Gasteiger partial charge in [-0.15, -0.1) is 0 Å². The predicted molar refractivity (Wildman–Crippen MR) is 65.6 cm³/mol. The molecule has 0 amide bonds. The molecule has 1 fully saturated rings. The molecule has 1 N–H and O–H groups in total. The van der Waals surface area contributed by atoms with Gasteiger partial charge >= 0.3 is 0 Å². The molecule has 0 spiro atoms. The number of hydrogen-bond acceptors (Lipinski definition) is 4. The lowest BCUT2D eigenvalue weighted by molar-refractivity contribution is 0.0481. The molecule has 4 heteroatoms. The third kappa shape index (κ3) is 2.75. The standard InChI is InChI=1S/C13H17N3O/c1-13(17)5-3-8-16(9-6-13)12-11(10-14)4-2-7-15-12/h2,4,7,17H,3,5-6,8-9H2,1H3. The largest absolute Gasteiger partial charge is 0.390 e. The SMILES string of the molecule is CC1(O)CCCN(c2ncccc2C#N)CC1. The molecule has 2 heterocycles. The second-order valence-corrected chi connectivity index (χ2v) is 4.82. The van der Waals surface area contributed by atoms with Crippen LogP contribution in [-0.2, 0) is 0 Å². The van der Waals surface area contributed by atoms with Gasteiger partial charge in [-0.05, 0) is 38.3 Å². The summed E-state index contributed by atoms with van der Waals surface area (Å²) in [5, 5.41) is 19.1.